The largest absolute Gasteiger partial charge is 0.492 e. The van der Waals surface area contributed by atoms with Gasteiger partial charge in [-0.1, -0.05) is 36.4 Å². The number of hydrogen-bond acceptors (Lipinski definition) is 6. The summed E-state index contributed by atoms with van der Waals surface area (Å²) in [5.41, 5.74) is 3.89. The summed E-state index contributed by atoms with van der Waals surface area (Å²) < 4.78 is 66.0. The highest BCUT2D eigenvalue weighted by atomic mass is 32.2. The van der Waals surface area contributed by atoms with Gasteiger partial charge in [-0.15, -0.1) is 0 Å². The van der Waals surface area contributed by atoms with Gasteiger partial charge in [0.05, 0.1) is 6.20 Å². The topological polar surface area (TPSA) is 114 Å². The lowest BCUT2D eigenvalue weighted by molar-refractivity contribution is -0.192. The standard InChI is InChI=1S/C22H26N4O3S.C2HF3O2/c1-25-15-18-8-9-19(13-21(18)22(25)12-17-6-4-3-5-7-17)29-11-10-24-30(27,28)20-14-23-26(2)16-20;3-2(4,5)1(6)7/h3-9,13-14,16,22,24H,10-12,15H2,1-2H3;(H,6,7). The lowest BCUT2D eigenvalue weighted by Gasteiger charge is -2.20. The van der Waals surface area contributed by atoms with E-state index in [1.54, 1.807) is 7.05 Å². The number of aryl methyl sites for hydroxylation is 1. The zero-order chi connectivity index (χ0) is 27.2. The van der Waals surface area contributed by atoms with Gasteiger partial charge in [-0.05, 0) is 42.3 Å². The van der Waals surface area contributed by atoms with Crippen LogP contribution in [-0.2, 0) is 34.8 Å². The van der Waals surface area contributed by atoms with Crippen molar-refractivity contribution in [3.8, 4) is 5.75 Å². The average Bonchev–Trinajstić information content (AvgIpc) is 3.41. The first kappa shape index (κ1) is 28.2. The first-order chi connectivity index (χ1) is 17.4. The molecule has 1 atom stereocenters. The summed E-state index contributed by atoms with van der Waals surface area (Å²) in [4.78, 5) is 11.4. The van der Waals surface area contributed by atoms with E-state index in [0.29, 0.717) is 6.04 Å². The highest BCUT2D eigenvalue weighted by Gasteiger charge is 2.38. The summed E-state index contributed by atoms with van der Waals surface area (Å²) in [6, 6.07) is 16.9. The minimum Gasteiger partial charge on any atom is -0.492 e. The average molecular weight is 541 g/mol. The maximum absolute atomic E-state index is 12.2. The second-order valence-corrected chi connectivity index (χ2v) is 10.1. The highest BCUT2D eigenvalue weighted by Crippen LogP contribution is 2.36. The molecule has 0 spiro atoms. The molecule has 0 aliphatic carbocycles. The Morgan fingerprint density at radius 1 is 1.19 bits per heavy atom. The maximum Gasteiger partial charge on any atom is 0.490 e. The van der Waals surface area contributed by atoms with Crippen LogP contribution < -0.4 is 9.46 Å². The van der Waals surface area contributed by atoms with Gasteiger partial charge in [0.2, 0.25) is 10.0 Å². The van der Waals surface area contributed by atoms with E-state index in [2.05, 4.69) is 58.2 Å². The Morgan fingerprint density at radius 3 is 2.46 bits per heavy atom. The summed E-state index contributed by atoms with van der Waals surface area (Å²) in [7, 11) is 0.245. The third-order valence-corrected chi connectivity index (χ3v) is 7.01. The minimum absolute atomic E-state index is 0.148. The van der Waals surface area contributed by atoms with Crippen molar-refractivity contribution in [3.63, 3.8) is 0 Å². The Bertz CT molecular complexity index is 1310. The molecule has 0 saturated carbocycles. The van der Waals surface area contributed by atoms with Crippen LogP contribution in [0.3, 0.4) is 0 Å². The van der Waals surface area contributed by atoms with E-state index in [0.717, 1.165) is 18.7 Å². The lowest BCUT2D eigenvalue weighted by atomic mass is 9.98. The summed E-state index contributed by atoms with van der Waals surface area (Å²) in [6.45, 7) is 1.34. The molecule has 2 N–H and O–H groups in total. The second kappa shape index (κ2) is 11.8. The molecule has 37 heavy (non-hydrogen) atoms. The second-order valence-electron chi connectivity index (χ2n) is 8.38. The molecule has 0 fully saturated rings. The van der Waals surface area contributed by atoms with Gasteiger partial charge >= 0.3 is 12.1 Å². The number of carboxylic acids is 1. The first-order valence-electron chi connectivity index (χ1n) is 11.1. The van der Waals surface area contributed by atoms with Crippen molar-refractivity contribution in [2.45, 2.75) is 30.1 Å². The molecule has 3 aromatic rings. The molecule has 0 radical (unpaired) electrons. The Labute approximate surface area is 212 Å². The van der Waals surface area contributed by atoms with E-state index in [1.807, 2.05) is 12.1 Å². The number of aliphatic carboxylic acids is 1. The number of fused-ring (bicyclic) bond motifs is 1. The molecule has 9 nitrogen and oxygen atoms in total. The number of alkyl halides is 3. The molecule has 0 saturated heterocycles. The van der Waals surface area contributed by atoms with Crippen molar-refractivity contribution < 1.29 is 36.2 Å². The van der Waals surface area contributed by atoms with Crippen LogP contribution in [0.1, 0.15) is 22.7 Å². The molecule has 1 aliphatic rings. The molecular formula is C24H27F3N4O5S. The number of likely N-dealkylation sites (N-methyl/N-ethyl adjacent to an activating group) is 1. The number of hydrogen-bond donors (Lipinski definition) is 2. The van der Waals surface area contributed by atoms with Crippen molar-refractivity contribution in [1.29, 1.82) is 0 Å². The molecule has 1 aliphatic heterocycles. The molecule has 13 heteroatoms. The number of aromatic nitrogens is 2. The molecule has 2 aromatic carbocycles. The molecular weight excluding hydrogens is 513 g/mol. The number of nitrogens with zero attached hydrogens (tertiary/aromatic N) is 3. The molecule has 0 bridgehead atoms. The van der Waals surface area contributed by atoms with E-state index >= 15 is 0 Å². The van der Waals surface area contributed by atoms with Crippen LogP contribution in [0.4, 0.5) is 13.2 Å². The Kier molecular flexibility index (Phi) is 8.94. The molecule has 4 rings (SSSR count). The van der Waals surface area contributed by atoms with Crippen LogP contribution in [0.15, 0.2) is 65.8 Å². The molecule has 0 amide bonds. The summed E-state index contributed by atoms with van der Waals surface area (Å²) in [5.74, 6) is -2.00. The molecule has 200 valence electrons. The van der Waals surface area contributed by atoms with Crippen LogP contribution in [-0.4, -0.2) is 60.5 Å². The highest BCUT2D eigenvalue weighted by molar-refractivity contribution is 7.89. The fourth-order valence-corrected chi connectivity index (χ4v) is 4.80. The zero-order valence-electron chi connectivity index (χ0n) is 20.1. The summed E-state index contributed by atoms with van der Waals surface area (Å²) >= 11 is 0. The SMILES string of the molecule is CN1Cc2ccc(OCCNS(=O)(=O)c3cnn(C)c3)cc2C1Cc1ccccc1.O=C(O)C(F)(F)F. The quantitative estimate of drug-likeness (QED) is 0.422. The molecule has 1 unspecified atom stereocenters. The summed E-state index contributed by atoms with van der Waals surface area (Å²) in [6.07, 6.45) is -1.35. The van der Waals surface area contributed by atoms with Crippen molar-refractivity contribution in [2.75, 3.05) is 20.2 Å². The fraction of sp³-hybridized carbons (Fsp3) is 0.333. The first-order valence-corrected chi connectivity index (χ1v) is 12.6. The van der Waals surface area contributed by atoms with Gasteiger partial charge in [-0.3, -0.25) is 9.58 Å². The number of ether oxygens (including phenoxy) is 1. The normalized spacial score (nSPS) is 15.5. The molecule has 2 heterocycles. The lowest BCUT2D eigenvalue weighted by Crippen LogP contribution is -2.28. The van der Waals surface area contributed by atoms with Crippen molar-refractivity contribution in [1.82, 2.24) is 19.4 Å². The van der Waals surface area contributed by atoms with E-state index < -0.39 is 22.2 Å². The van der Waals surface area contributed by atoms with Gasteiger partial charge in [0.1, 0.15) is 17.3 Å². The number of sulfonamides is 1. The zero-order valence-corrected chi connectivity index (χ0v) is 21.0. The summed E-state index contributed by atoms with van der Waals surface area (Å²) in [5, 5.41) is 11.0. The van der Waals surface area contributed by atoms with Crippen LogP contribution in [0.5, 0.6) is 5.75 Å². The van der Waals surface area contributed by atoms with Gasteiger partial charge in [0.25, 0.3) is 0 Å². The van der Waals surface area contributed by atoms with Gasteiger partial charge < -0.3 is 9.84 Å². The third-order valence-electron chi connectivity index (χ3n) is 5.60. The Balaban J connectivity index is 0.000000479. The minimum atomic E-state index is -5.08. The number of nitrogens with one attached hydrogen (secondary N) is 1. The van der Waals surface area contributed by atoms with Crippen molar-refractivity contribution in [3.05, 3.63) is 77.6 Å². The van der Waals surface area contributed by atoms with Crippen LogP contribution >= 0.6 is 0 Å². The smallest absolute Gasteiger partial charge is 0.490 e. The number of carboxylic acid groups (broad SMARTS) is 1. The predicted molar refractivity (Wildman–Crippen MR) is 128 cm³/mol. The number of carbonyl (C=O) groups is 1. The van der Waals surface area contributed by atoms with E-state index in [1.165, 1.54) is 33.8 Å². The fourth-order valence-electron chi connectivity index (χ4n) is 3.80. The van der Waals surface area contributed by atoms with E-state index in [4.69, 9.17) is 14.6 Å². The van der Waals surface area contributed by atoms with Crippen molar-refractivity contribution in [2.24, 2.45) is 7.05 Å². The van der Waals surface area contributed by atoms with Gasteiger partial charge in [-0.25, -0.2) is 17.9 Å². The van der Waals surface area contributed by atoms with Crippen molar-refractivity contribution >= 4 is 16.0 Å². The Morgan fingerprint density at radius 2 is 1.86 bits per heavy atom. The van der Waals surface area contributed by atoms with Crippen LogP contribution in [0.2, 0.25) is 0 Å². The number of halogens is 3. The number of benzene rings is 2. The van der Waals surface area contributed by atoms with Crippen LogP contribution in [0.25, 0.3) is 0 Å². The number of rotatable bonds is 8. The van der Waals surface area contributed by atoms with Crippen LogP contribution in [0, 0.1) is 0 Å². The monoisotopic (exact) mass is 540 g/mol. The van der Waals surface area contributed by atoms with E-state index in [-0.39, 0.29) is 18.0 Å². The van der Waals surface area contributed by atoms with E-state index in [9.17, 15) is 21.6 Å². The maximum atomic E-state index is 12.2. The van der Waals surface area contributed by atoms with Gasteiger partial charge in [0, 0.05) is 32.4 Å². The predicted octanol–water partition coefficient (Wildman–Crippen LogP) is 3.14. The molecule has 1 aromatic heterocycles. The van der Waals surface area contributed by atoms with Gasteiger partial charge in [0.15, 0.2) is 0 Å². The van der Waals surface area contributed by atoms with Gasteiger partial charge in [-0.2, -0.15) is 18.3 Å². The Hall–Kier alpha value is -3.42. The third kappa shape index (κ3) is 7.78.